The first-order chi connectivity index (χ1) is 13.9. The molecule has 1 amide bonds. The number of halogens is 2. The lowest BCUT2D eigenvalue weighted by molar-refractivity contribution is -0.110. The quantitative estimate of drug-likeness (QED) is 0.439. The molecule has 1 fully saturated rings. The average molecular weight is 538 g/mol. The van der Waals surface area contributed by atoms with E-state index in [-0.39, 0.29) is 17.4 Å². The van der Waals surface area contributed by atoms with E-state index in [1.807, 2.05) is 11.8 Å². The summed E-state index contributed by atoms with van der Waals surface area (Å²) in [5.41, 5.74) is 3.27. The lowest BCUT2D eigenvalue weighted by Crippen LogP contribution is -2.36. The van der Waals surface area contributed by atoms with Gasteiger partial charge >= 0.3 is 0 Å². The number of phenolic OH excluding ortho intramolecular Hbond substituents is 1. The highest BCUT2D eigenvalue weighted by Crippen LogP contribution is 2.37. The van der Waals surface area contributed by atoms with Crippen molar-refractivity contribution in [2.75, 3.05) is 36.5 Å². The van der Waals surface area contributed by atoms with Gasteiger partial charge in [0.05, 0.1) is 15.5 Å². The second-order valence-corrected chi connectivity index (χ2v) is 9.85. The van der Waals surface area contributed by atoms with Crippen LogP contribution in [0.3, 0.4) is 0 Å². The fourth-order valence-electron chi connectivity index (χ4n) is 3.39. The number of carbonyl (C=O) groups is 2. The number of anilines is 1. The third kappa shape index (κ3) is 4.45. The second-order valence-electron chi connectivity index (χ2n) is 6.92. The number of hydrogen-bond acceptors (Lipinski definition) is 5. The summed E-state index contributed by atoms with van der Waals surface area (Å²) in [5.74, 6) is 2.07. The van der Waals surface area contributed by atoms with E-state index in [2.05, 4.69) is 42.1 Å². The number of amides is 1. The number of carbonyl (C=O) groups excluding carboxylic acids is 2. The summed E-state index contributed by atoms with van der Waals surface area (Å²) in [5, 5.41) is 12.7. The fraction of sp³-hybridized carbons (Fsp3) is 0.238. The van der Waals surface area contributed by atoms with E-state index in [1.165, 1.54) is 0 Å². The van der Waals surface area contributed by atoms with Crippen LogP contribution in [0.5, 0.6) is 5.75 Å². The lowest BCUT2D eigenvalue weighted by Gasteiger charge is -2.25. The number of Topliss-reactive ketones (excluding diaryl/α,β-unsaturated/α-hetero) is 1. The molecule has 0 bridgehead atoms. The predicted molar refractivity (Wildman–Crippen MR) is 125 cm³/mol. The summed E-state index contributed by atoms with van der Waals surface area (Å²) in [6.45, 7) is 2.26. The van der Waals surface area contributed by atoms with E-state index in [0.717, 1.165) is 35.7 Å². The number of rotatable bonds is 4. The van der Waals surface area contributed by atoms with E-state index in [4.69, 9.17) is 0 Å². The molecule has 0 atom stereocenters. The smallest absolute Gasteiger partial charge is 0.256 e. The summed E-state index contributed by atoms with van der Waals surface area (Å²) in [6.07, 6.45) is 1.76. The van der Waals surface area contributed by atoms with Gasteiger partial charge in [-0.15, -0.1) is 0 Å². The zero-order chi connectivity index (χ0) is 20.5. The summed E-state index contributed by atoms with van der Waals surface area (Å²) in [4.78, 5) is 27.5. The van der Waals surface area contributed by atoms with Crippen molar-refractivity contribution in [1.82, 2.24) is 4.90 Å². The molecular formula is C21H18Br2N2O3S. The maximum Gasteiger partial charge on any atom is 0.256 e. The molecule has 150 valence electrons. The van der Waals surface area contributed by atoms with Crippen LogP contribution in [-0.2, 0) is 4.79 Å². The highest BCUT2D eigenvalue weighted by Gasteiger charge is 2.26. The number of ketones is 1. The summed E-state index contributed by atoms with van der Waals surface area (Å²) < 4.78 is 1.06. The Morgan fingerprint density at radius 2 is 1.86 bits per heavy atom. The Bertz CT molecular complexity index is 1010. The molecule has 2 aliphatic heterocycles. The Hall–Kier alpha value is -1.61. The minimum Gasteiger partial charge on any atom is -0.506 e. The second kappa shape index (κ2) is 8.63. The lowest BCUT2D eigenvalue weighted by atomic mass is 10.00. The van der Waals surface area contributed by atoms with E-state index < -0.39 is 0 Å². The molecule has 0 saturated carbocycles. The number of thioether (sulfide) groups is 1. The summed E-state index contributed by atoms with van der Waals surface area (Å²) >= 11 is 8.53. The molecule has 4 rings (SSSR count). The van der Waals surface area contributed by atoms with E-state index >= 15 is 0 Å². The van der Waals surface area contributed by atoms with Crippen molar-refractivity contribution in [3.05, 3.63) is 56.0 Å². The van der Waals surface area contributed by atoms with Gasteiger partial charge in [0.15, 0.2) is 5.78 Å². The zero-order valence-corrected chi connectivity index (χ0v) is 19.4. The Morgan fingerprint density at radius 3 is 2.55 bits per heavy atom. The summed E-state index contributed by atoms with van der Waals surface area (Å²) in [6, 6.07) is 8.83. The number of benzene rings is 2. The molecule has 0 unspecified atom stereocenters. The van der Waals surface area contributed by atoms with Gasteiger partial charge in [-0.2, -0.15) is 11.8 Å². The van der Waals surface area contributed by atoms with E-state index in [1.54, 1.807) is 36.4 Å². The molecule has 8 heteroatoms. The van der Waals surface area contributed by atoms with Crippen molar-refractivity contribution in [3.63, 3.8) is 0 Å². The van der Waals surface area contributed by atoms with Crippen LogP contribution in [0.25, 0.3) is 11.6 Å². The molecule has 2 aromatic carbocycles. The molecule has 0 spiro atoms. The largest absolute Gasteiger partial charge is 0.506 e. The van der Waals surface area contributed by atoms with Crippen LogP contribution >= 0.6 is 43.6 Å². The topological polar surface area (TPSA) is 69.6 Å². The Balaban J connectivity index is 1.64. The molecule has 29 heavy (non-hydrogen) atoms. The number of phenols is 1. The van der Waals surface area contributed by atoms with Crippen LogP contribution in [0.1, 0.15) is 21.5 Å². The molecule has 0 radical (unpaired) electrons. The van der Waals surface area contributed by atoms with Crippen molar-refractivity contribution in [3.8, 4) is 5.75 Å². The van der Waals surface area contributed by atoms with Crippen LogP contribution in [0.15, 0.2) is 39.3 Å². The first-order valence-corrected chi connectivity index (χ1v) is 11.9. The number of fused-ring (bicyclic) bond motifs is 1. The van der Waals surface area contributed by atoms with Gasteiger partial charge in [0, 0.05) is 47.0 Å². The SMILES string of the molecule is O=C1Nc2ccc(C(=O)CN3CCSCC3)cc2/C1=C/c1cc(Br)c(O)c(Br)c1. The van der Waals surface area contributed by atoms with Crippen molar-refractivity contribution in [2.45, 2.75) is 0 Å². The molecule has 2 aromatic rings. The molecule has 2 heterocycles. The van der Waals surface area contributed by atoms with E-state index in [0.29, 0.717) is 32.3 Å². The van der Waals surface area contributed by atoms with Gasteiger partial charge in [-0.3, -0.25) is 14.5 Å². The van der Waals surface area contributed by atoms with Crippen LogP contribution in [0.2, 0.25) is 0 Å². The molecular weight excluding hydrogens is 520 g/mol. The standard InChI is InChI=1S/C21H18Br2N2O3S/c22-16-8-12(9-17(23)20(16)27)7-15-14-10-13(1-2-18(14)24-21(15)28)19(26)11-25-3-5-29-6-4-25/h1-2,7-10,27H,3-6,11H2,(H,24,28)/b15-7-. The first kappa shape index (κ1) is 20.7. The molecule has 5 nitrogen and oxygen atoms in total. The van der Waals surface area contributed by atoms with Crippen LogP contribution in [0.4, 0.5) is 5.69 Å². The van der Waals surface area contributed by atoms with Gasteiger partial charge in [-0.1, -0.05) is 0 Å². The number of aromatic hydroxyl groups is 1. The van der Waals surface area contributed by atoms with Crippen LogP contribution in [-0.4, -0.2) is 52.8 Å². The van der Waals surface area contributed by atoms with Gasteiger partial charge < -0.3 is 10.4 Å². The predicted octanol–water partition coefficient (Wildman–Crippen LogP) is 4.64. The Morgan fingerprint density at radius 1 is 1.17 bits per heavy atom. The van der Waals surface area contributed by atoms with Gasteiger partial charge in [0.25, 0.3) is 5.91 Å². The Kier molecular flexibility index (Phi) is 6.15. The molecule has 0 aromatic heterocycles. The monoisotopic (exact) mass is 536 g/mol. The molecule has 2 aliphatic rings. The minimum absolute atomic E-state index is 0.0634. The molecule has 1 saturated heterocycles. The first-order valence-electron chi connectivity index (χ1n) is 9.11. The minimum atomic E-state index is -0.210. The summed E-state index contributed by atoms with van der Waals surface area (Å²) in [7, 11) is 0. The van der Waals surface area contributed by atoms with Crippen molar-refractivity contribution in [2.24, 2.45) is 0 Å². The number of hydrogen-bond donors (Lipinski definition) is 2. The van der Waals surface area contributed by atoms with Crippen molar-refractivity contribution >= 4 is 72.6 Å². The Labute approximate surface area is 189 Å². The van der Waals surface area contributed by atoms with Gasteiger partial charge in [0.1, 0.15) is 5.75 Å². The fourth-order valence-corrected chi connectivity index (χ4v) is 5.59. The van der Waals surface area contributed by atoms with Crippen molar-refractivity contribution < 1.29 is 14.7 Å². The molecule has 0 aliphatic carbocycles. The van der Waals surface area contributed by atoms with Gasteiger partial charge in [-0.25, -0.2) is 0 Å². The highest BCUT2D eigenvalue weighted by molar-refractivity contribution is 9.11. The third-order valence-electron chi connectivity index (χ3n) is 4.95. The normalized spacial score (nSPS) is 18.0. The van der Waals surface area contributed by atoms with Crippen molar-refractivity contribution in [1.29, 1.82) is 0 Å². The third-order valence-corrected chi connectivity index (χ3v) is 7.10. The molecule has 2 N–H and O–H groups in total. The van der Waals surface area contributed by atoms with Crippen LogP contribution < -0.4 is 5.32 Å². The van der Waals surface area contributed by atoms with Crippen LogP contribution in [0, 0.1) is 0 Å². The maximum absolute atomic E-state index is 12.8. The van der Waals surface area contributed by atoms with E-state index in [9.17, 15) is 14.7 Å². The highest BCUT2D eigenvalue weighted by atomic mass is 79.9. The number of nitrogens with one attached hydrogen (secondary N) is 1. The number of nitrogens with zero attached hydrogens (tertiary/aromatic N) is 1. The van der Waals surface area contributed by atoms with Gasteiger partial charge in [-0.05, 0) is 73.8 Å². The zero-order valence-electron chi connectivity index (χ0n) is 15.4. The average Bonchev–Trinajstić information content (AvgIpc) is 3.01. The van der Waals surface area contributed by atoms with Gasteiger partial charge in [0.2, 0.25) is 0 Å². The maximum atomic E-state index is 12.8.